The molecule has 0 spiro atoms. The molecular weight excluding hydrogens is 324 g/mol. The number of hydrogen-bond donors (Lipinski definition) is 2. The van der Waals surface area contributed by atoms with Gasteiger partial charge in [0, 0.05) is 29.6 Å². The van der Waals surface area contributed by atoms with Crippen LogP contribution in [-0.2, 0) is 11.2 Å². The van der Waals surface area contributed by atoms with Crippen LogP contribution in [-0.4, -0.2) is 24.5 Å². The number of H-pyrrole nitrogens is 1. The van der Waals surface area contributed by atoms with Crippen LogP contribution in [0.2, 0.25) is 0 Å². The van der Waals surface area contributed by atoms with E-state index in [0.717, 1.165) is 24.1 Å². The van der Waals surface area contributed by atoms with Crippen molar-refractivity contribution in [2.24, 2.45) is 23.7 Å². The topological polar surface area (TPSA) is 54.1 Å². The van der Waals surface area contributed by atoms with Gasteiger partial charge in [0.25, 0.3) is 0 Å². The predicted octanol–water partition coefficient (Wildman–Crippen LogP) is 4.54. The minimum Gasteiger partial charge on any atom is -0.497 e. The molecule has 3 atom stereocenters. The monoisotopic (exact) mass is 356 g/mol. The Balaban J connectivity index is 1.61. The minimum absolute atomic E-state index is 0.168. The summed E-state index contributed by atoms with van der Waals surface area (Å²) in [7, 11) is 1.68. The van der Waals surface area contributed by atoms with Crippen LogP contribution in [0.15, 0.2) is 24.4 Å². The number of carbonyl (C=O) groups excluding carboxylic acids is 1. The molecular formula is C22H32N2O2. The van der Waals surface area contributed by atoms with E-state index in [-0.39, 0.29) is 11.8 Å². The summed E-state index contributed by atoms with van der Waals surface area (Å²) in [6, 6.07) is 6.05. The number of methoxy groups -OCH3 is 1. The second-order valence-corrected chi connectivity index (χ2v) is 8.20. The van der Waals surface area contributed by atoms with Gasteiger partial charge in [0.2, 0.25) is 5.91 Å². The van der Waals surface area contributed by atoms with Crippen molar-refractivity contribution in [1.29, 1.82) is 0 Å². The number of hydrogen-bond acceptors (Lipinski definition) is 2. The number of carbonyl (C=O) groups is 1. The highest BCUT2D eigenvalue weighted by Gasteiger charge is 2.35. The Morgan fingerprint density at radius 1 is 1.35 bits per heavy atom. The Hall–Kier alpha value is -1.97. The van der Waals surface area contributed by atoms with E-state index in [0.29, 0.717) is 24.3 Å². The molecule has 0 unspecified atom stereocenters. The van der Waals surface area contributed by atoms with Crippen molar-refractivity contribution in [2.75, 3.05) is 13.7 Å². The molecule has 0 radical (unpaired) electrons. The van der Waals surface area contributed by atoms with E-state index in [1.807, 2.05) is 18.3 Å². The van der Waals surface area contributed by atoms with E-state index in [1.165, 1.54) is 23.8 Å². The zero-order valence-electron chi connectivity index (χ0n) is 16.5. The molecule has 26 heavy (non-hydrogen) atoms. The summed E-state index contributed by atoms with van der Waals surface area (Å²) in [5.41, 5.74) is 2.32. The number of fused-ring (bicyclic) bond motifs is 1. The van der Waals surface area contributed by atoms with E-state index in [2.05, 4.69) is 37.1 Å². The number of ether oxygens (including phenoxy) is 1. The first-order valence-electron chi connectivity index (χ1n) is 9.91. The molecule has 1 saturated carbocycles. The Labute approximate surface area is 156 Å². The van der Waals surface area contributed by atoms with Crippen LogP contribution in [0, 0.1) is 23.7 Å². The molecule has 1 aromatic carbocycles. The highest BCUT2D eigenvalue weighted by atomic mass is 16.5. The summed E-state index contributed by atoms with van der Waals surface area (Å²) in [5.74, 6) is 3.01. The number of amides is 1. The second-order valence-electron chi connectivity index (χ2n) is 8.20. The molecule has 2 N–H and O–H groups in total. The maximum absolute atomic E-state index is 12.8. The fourth-order valence-corrected chi connectivity index (χ4v) is 4.45. The number of aromatic amines is 1. The van der Waals surface area contributed by atoms with Crippen molar-refractivity contribution in [2.45, 2.75) is 46.5 Å². The van der Waals surface area contributed by atoms with Crippen LogP contribution < -0.4 is 10.1 Å². The predicted molar refractivity (Wildman–Crippen MR) is 106 cm³/mol. The van der Waals surface area contributed by atoms with Crippen LogP contribution in [0.4, 0.5) is 0 Å². The Bertz CT molecular complexity index is 750. The molecule has 4 nitrogen and oxygen atoms in total. The number of rotatable bonds is 6. The summed E-state index contributed by atoms with van der Waals surface area (Å²) in [4.78, 5) is 16.1. The number of nitrogens with one attached hydrogen (secondary N) is 2. The Morgan fingerprint density at radius 3 is 2.88 bits per heavy atom. The lowest BCUT2D eigenvalue weighted by molar-refractivity contribution is -0.129. The maximum Gasteiger partial charge on any atom is 0.223 e. The normalized spacial score (nSPS) is 23.3. The third-order valence-corrected chi connectivity index (χ3v) is 6.03. The van der Waals surface area contributed by atoms with Gasteiger partial charge in [0.15, 0.2) is 0 Å². The van der Waals surface area contributed by atoms with Crippen molar-refractivity contribution in [1.82, 2.24) is 10.3 Å². The van der Waals surface area contributed by atoms with Gasteiger partial charge in [-0.15, -0.1) is 0 Å². The van der Waals surface area contributed by atoms with E-state index in [1.54, 1.807) is 7.11 Å². The largest absolute Gasteiger partial charge is 0.497 e. The molecule has 1 fully saturated rings. The lowest BCUT2D eigenvalue weighted by Crippen LogP contribution is -2.40. The highest BCUT2D eigenvalue weighted by molar-refractivity contribution is 5.85. The van der Waals surface area contributed by atoms with Crippen LogP contribution >= 0.6 is 0 Å². The molecule has 1 aromatic heterocycles. The van der Waals surface area contributed by atoms with E-state index in [9.17, 15) is 4.79 Å². The van der Waals surface area contributed by atoms with Gasteiger partial charge in [-0.25, -0.2) is 0 Å². The fourth-order valence-electron chi connectivity index (χ4n) is 4.45. The zero-order chi connectivity index (χ0) is 18.7. The summed E-state index contributed by atoms with van der Waals surface area (Å²) in [5, 5.41) is 4.38. The van der Waals surface area contributed by atoms with Gasteiger partial charge in [-0.3, -0.25) is 4.79 Å². The van der Waals surface area contributed by atoms with Crippen LogP contribution in [0.3, 0.4) is 0 Å². The van der Waals surface area contributed by atoms with E-state index < -0.39 is 0 Å². The summed E-state index contributed by atoms with van der Waals surface area (Å²) < 4.78 is 5.33. The molecule has 1 amide bonds. The zero-order valence-corrected chi connectivity index (χ0v) is 16.5. The molecule has 1 heterocycles. The van der Waals surface area contributed by atoms with E-state index in [4.69, 9.17) is 4.74 Å². The first-order valence-corrected chi connectivity index (χ1v) is 9.91. The third-order valence-electron chi connectivity index (χ3n) is 6.03. The smallest absolute Gasteiger partial charge is 0.223 e. The molecule has 142 valence electrons. The van der Waals surface area contributed by atoms with Gasteiger partial charge in [-0.1, -0.05) is 27.2 Å². The molecule has 0 aliphatic heterocycles. The Kier molecular flexibility index (Phi) is 5.90. The van der Waals surface area contributed by atoms with Crippen molar-refractivity contribution in [3.05, 3.63) is 30.0 Å². The molecule has 1 aliphatic rings. The second kappa shape index (κ2) is 8.15. The minimum atomic E-state index is 0.168. The lowest BCUT2D eigenvalue weighted by Gasteiger charge is -2.36. The molecule has 1 aliphatic carbocycles. The quantitative estimate of drug-likeness (QED) is 0.798. The first-order chi connectivity index (χ1) is 12.5. The van der Waals surface area contributed by atoms with Crippen molar-refractivity contribution in [3.8, 4) is 5.75 Å². The van der Waals surface area contributed by atoms with Gasteiger partial charge in [-0.2, -0.15) is 0 Å². The third kappa shape index (κ3) is 4.05. The summed E-state index contributed by atoms with van der Waals surface area (Å²) in [6.45, 7) is 7.45. The van der Waals surface area contributed by atoms with Gasteiger partial charge in [0.1, 0.15) is 5.75 Å². The van der Waals surface area contributed by atoms with Gasteiger partial charge in [0.05, 0.1) is 7.11 Å². The van der Waals surface area contributed by atoms with Crippen molar-refractivity contribution in [3.63, 3.8) is 0 Å². The average Bonchev–Trinajstić information content (AvgIpc) is 3.03. The maximum atomic E-state index is 12.8. The van der Waals surface area contributed by atoms with Crippen molar-refractivity contribution < 1.29 is 9.53 Å². The number of aromatic nitrogens is 1. The summed E-state index contributed by atoms with van der Waals surface area (Å²) >= 11 is 0. The van der Waals surface area contributed by atoms with Gasteiger partial charge in [-0.05, 0) is 60.8 Å². The van der Waals surface area contributed by atoms with Gasteiger partial charge < -0.3 is 15.0 Å². The number of benzene rings is 1. The average molecular weight is 357 g/mol. The first kappa shape index (κ1) is 18.8. The summed E-state index contributed by atoms with van der Waals surface area (Å²) in [6.07, 6.45) is 6.32. The SMILES string of the molecule is COc1ccc2[nH]cc(CCNC(=O)[C@@H]3C[C@H](C)CC[C@H]3C(C)C)c2c1. The molecule has 0 saturated heterocycles. The van der Waals surface area contributed by atoms with Crippen molar-refractivity contribution >= 4 is 16.8 Å². The van der Waals surface area contributed by atoms with Crippen LogP contribution in [0.1, 0.15) is 45.6 Å². The van der Waals surface area contributed by atoms with E-state index >= 15 is 0 Å². The Morgan fingerprint density at radius 2 is 2.15 bits per heavy atom. The van der Waals surface area contributed by atoms with Gasteiger partial charge >= 0.3 is 0 Å². The van der Waals surface area contributed by atoms with Crippen LogP contribution in [0.5, 0.6) is 5.75 Å². The highest BCUT2D eigenvalue weighted by Crippen LogP contribution is 2.38. The molecule has 0 bridgehead atoms. The standard InChI is InChI=1S/C22H32N2O2/c1-14(2)18-7-5-15(3)11-20(18)22(25)23-10-9-16-13-24-21-8-6-17(26-4)12-19(16)21/h6,8,12-15,18,20,24H,5,7,9-11H2,1-4H3,(H,23,25)/t15-,18+,20-/m1/s1. The lowest BCUT2D eigenvalue weighted by atomic mass is 9.70. The fraction of sp³-hybridized carbons (Fsp3) is 0.591. The molecule has 2 aromatic rings. The van der Waals surface area contributed by atoms with Crippen LogP contribution in [0.25, 0.3) is 10.9 Å². The molecule has 4 heteroatoms. The molecule has 3 rings (SSSR count).